The van der Waals surface area contributed by atoms with Crippen molar-refractivity contribution in [3.8, 4) is 11.3 Å². The molecule has 1 spiro atoms. The zero-order valence-electron chi connectivity index (χ0n) is 31.5. The molecular formula is C41H51FN8O3. The maximum absolute atomic E-state index is 15.5. The average Bonchev–Trinajstić information content (AvgIpc) is 3.67. The number of rotatable bonds is 8. The predicted octanol–water partition coefficient (Wildman–Crippen LogP) is 6.32. The number of halogens is 1. The van der Waals surface area contributed by atoms with Crippen molar-refractivity contribution in [1.29, 1.82) is 0 Å². The quantitative estimate of drug-likeness (QED) is 0.181. The molecule has 3 aliphatic heterocycles. The third kappa shape index (κ3) is 6.08. The van der Waals surface area contributed by atoms with E-state index in [1.54, 1.807) is 33.3 Å². The highest BCUT2D eigenvalue weighted by atomic mass is 19.1. The number of aromatic nitrogens is 3. The van der Waals surface area contributed by atoms with Gasteiger partial charge in [0.25, 0.3) is 0 Å². The number of carbonyl (C=O) groups is 2. The summed E-state index contributed by atoms with van der Waals surface area (Å²) in [6, 6.07) is 11.9. The summed E-state index contributed by atoms with van der Waals surface area (Å²) in [5.74, 6) is 0.195. The number of carbonyl (C=O) groups excluding carboxylic acids is 2. The molecule has 4 aliphatic rings. The van der Waals surface area contributed by atoms with Crippen LogP contribution in [-0.4, -0.2) is 86.6 Å². The number of amides is 2. The van der Waals surface area contributed by atoms with Crippen molar-refractivity contribution < 1.29 is 19.1 Å². The number of likely N-dealkylation sites (tertiary alicyclic amines) is 2. The van der Waals surface area contributed by atoms with Crippen LogP contribution in [0.3, 0.4) is 0 Å². The van der Waals surface area contributed by atoms with Crippen LogP contribution in [0.5, 0.6) is 0 Å². The van der Waals surface area contributed by atoms with Gasteiger partial charge >= 0.3 is 0 Å². The van der Waals surface area contributed by atoms with Crippen molar-refractivity contribution in [3.05, 3.63) is 65.2 Å². The largest absolute Gasteiger partial charge is 0.374 e. The molecule has 2 amide bonds. The summed E-state index contributed by atoms with van der Waals surface area (Å²) in [4.78, 5) is 43.5. The van der Waals surface area contributed by atoms with Gasteiger partial charge in [-0.2, -0.15) is 0 Å². The lowest BCUT2D eigenvalue weighted by molar-refractivity contribution is -0.134. The van der Waals surface area contributed by atoms with E-state index < -0.39 is 17.5 Å². The molecule has 53 heavy (non-hydrogen) atoms. The van der Waals surface area contributed by atoms with Crippen molar-refractivity contribution in [1.82, 2.24) is 29.7 Å². The molecule has 5 heterocycles. The second-order valence-corrected chi connectivity index (χ2v) is 15.8. The highest BCUT2D eigenvalue weighted by molar-refractivity contribution is 6.09. The Kier molecular flexibility index (Phi) is 9.27. The highest BCUT2D eigenvalue weighted by Gasteiger charge is 2.55. The summed E-state index contributed by atoms with van der Waals surface area (Å²) < 4.78 is 17.6. The number of aliphatic hydroxyl groups is 1. The fourth-order valence-electron chi connectivity index (χ4n) is 9.20. The molecule has 2 saturated heterocycles. The van der Waals surface area contributed by atoms with Crippen LogP contribution < -0.4 is 15.5 Å². The van der Waals surface area contributed by atoms with Crippen molar-refractivity contribution >= 4 is 40.0 Å². The number of benzene rings is 2. The minimum Gasteiger partial charge on any atom is -0.374 e. The van der Waals surface area contributed by atoms with Crippen LogP contribution in [0.1, 0.15) is 94.7 Å². The summed E-state index contributed by atoms with van der Waals surface area (Å²) in [5.41, 5.74) is 5.64. The fraction of sp³-hybridized carbons (Fsp3) is 0.512. The number of nitrogens with zero attached hydrogens (tertiary/aromatic N) is 6. The summed E-state index contributed by atoms with van der Waals surface area (Å²) in [6.07, 6.45) is 7.73. The number of piperidine rings is 2. The number of aliphatic hydroxyl groups excluding tert-OH is 1. The minimum absolute atomic E-state index is 0.0480. The second-order valence-electron chi connectivity index (χ2n) is 15.8. The van der Waals surface area contributed by atoms with Gasteiger partial charge in [-0.3, -0.25) is 14.9 Å². The SMILES string of the molecule is CNC(O)c1cc(Nc2nc(-c3ccc4c(c3)N(C3CC(N5CCCCC5)C3)C(=O)C43CCN(C(C)=O)CC3)cc3ncn(C(C)C)c23)c(F)cc1C. The van der Waals surface area contributed by atoms with Crippen molar-refractivity contribution in [2.75, 3.05) is 43.4 Å². The first kappa shape index (κ1) is 35.6. The van der Waals surface area contributed by atoms with Gasteiger partial charge in [-0.1, -0.05) is 18.6 Å². The molecule has 11 nitrogen and oxygen atoms in total. The van der Waals surface area contributed by atoms with Gasteiger partial charge in [0.15, 0.2) is 5.82 Å². The molecule has 3 fully saturated rings. The monoisotopic (exact) mass is 722 g/mol. The van der Waals surface area contributed by atoms with E-state index in [0.717, 1.165) is 48.3 Å². The lowest BCUT2D eigenvalue weighted by Gasteiger charge is -2.48. The Bertz CT molecular complexity index is 2060. The van der Waals surface area contributed by atoms with E-state index in [0.29, 0.717) is 60.1 Å². The smallest absolute Gasteiger partial charge is 0.238 e. The second kappa shape index (κ2) is 13.8. The van der Waals surface area contributed by atoms with Crippen LogP contribution in [-0.2, 0) is 15.0 Å². The Balaban J connectivity index is 1.20. The summed E-state index contributed by atoms with van der Waals surface area (Å²) in [7, 11) is 1.65. The Hall–Kier alpha value is -4.39. The van der Waals surface area contributed by atoms with Crippen molar-refractivity contribution in [3.63, 3.8) is 0 Å². The first-order valence-electron chi connectivity index (χ1n) is 19.3. The summed E-state index contributed by atoms with van der Waals surface area (Å²) in [5, 5.41) is 16.7. The van der Waals surface area contributed by atoms with E-state index in [1.807, 2.05) is 21.6 Å². The molecule has 0 bridgehead atoms. The van der Waals surface area contributed by atoms with Crippen LogP contribution in [0.25, 0.3) is 22.3 Å². The predicted molar refractivity (Wildman–Crippen MR) is 205 cm³/mol. The van der Waals surface area contributed by atoms with Gasteiger partial charge in [0, 0.05) is 55.0 Å². The Morgan fingerprint density at radius 3 is 2.43 bits per heavy atom. The molecule has 2 aromatic carbocycles. The van der Waals surface area contributed by atoms with E-state index in [1.165, 1.54) is 25.3 Å². The number of anilines is 3. The van der Waals surface area contributed by atoms with E-state index in [9.17, 15) is 14.7 Å². The summed E-state index contributed by atoms with van der Waals surface area (Å²) >= 11 is 0. The van der Waals surface area contributed by atoms with E-state index in [-0.39, 0.29) is 29.6 Å². The molecule has 1 atom stereocenters. The number of aryl methyl sites for hydroxylation is 1. The number of nitrogens with one attached hydrogen (secondary N) is 2. The Morgan fingerprint density at radius 2 is 1.75 bits per heavy atom. The zero-order chi connectivity index (χ0) is 37.2. The van der Waals surface area contributed by atoms with Gasteiger partial charge in [-0.05, 0) is 115 Å². The van der Waals surface area contributed by atoms with Crippen molar-refractivity contribution in [2.45, 2.75) is 102 Å². The topological polar surface area (TPSA) is 119 Å². The Labute approximate surface area is 310 Å². The lowest BCUT2D eigenvalue weighted by Crippen LogP contribution is -2.58. The molecule has 280 valence electrons. The lowest BCUT2D eigenvalue weighted by atomic mass is 9.73. The number of hydrogen-bond donors (Lipinski definition) is 3. The fourth-order valence-corrected chi connectivity index (χ4v) is 9.20. The Morgan fingerprint density at radius 1 is 1.02 bits per heavy atom. The first-order chi connectivity index (χ1) is 25.5. The number of imidazole rings is 1. The third-order valence-corrected chi connectivity index (χ3v) is 12.4. The summed E-state index contributed by atoms with van der Waals surface area (Å²) in [6.45, 7) is 10.9. The van der Waals surface area contributed by atoms with Gasteiger partial charge in [0.2, 0.25) is 11.8 Å². The van der Waals surface area contributed by atoms with E-state index in [2.05, 4.69) is 46.4 Å². The maximum Gasteiger partial charge on any atom is 0.238 e. The molecule has 12 heteroatoms. The molecule has 1 aliphatic carbocycles. The van der Waals surface area contributed by atoms with Crippen LogP contribution >= 0.6 is 0 Å². The molecule has 1 saturated carbocycles. The maximum atomic E-state index is 15.5. The third-order valence-electron chi connectivity index (χ3n) is 12.4. The van der Waals surface area contributed by atoms with Crippen LogP contribution in [0.15, 0.2) is 42.7 Å². The number of pyridine rings is 1. The van der Waals surface area contributed by atoms with Gasteiger partial charge in [0.05, 0.1) is 28.6 Å². The van der Waals surface area contributed by atoms with Gasteiger partial charge < -0.3 is 29.7 Å². The van der Waals surface area contributed by atoms with Gasteiger partial charge in [-0.25, -0.2) is 14.4 Å². The molecule has 4 aromatic rings. The van der Waals surface area contributed by atoms with E-state index >= 15 is 4.39 Å². The molecule has 2 aromatic heterocycles. The molecule has 3 N–H and O–H groups in total. The normalized spacial score (nSPS) is 22.1. The van der Waals surface area contributed by atoms with E-state index in [4.69, 9.17) is 9.97 Å². The molecule has 0 radical (unpaired) electrons. The van der Waals surface area contributed by atoms with Crippen molar-refractivity contribution in [2.24, 2.45) is 0 Å². The highest BCUT2D eigenvalue weighted by Crippen LogP contribution is 2.52. The molecular weight excluding hydrogens is 672 g/mol. The number of fused-ring (bicyclic) bond motifs is 3. The average molecular weight is 723 g/mol. The molecule has 1 unspecified atom stereocenters. The molecule has 8 rings (SSSR count). The standard InChI is InChI=1S/C41H51FN8O3/c1-24(2)49-23-44-35-22-33(45-38(37(35)49)46-34-21-30(39(52)43-5)25(3)17-32(34)42)27-9-10-31-36(18-27)50(29-19-28(20-29)48-13-7-6-8-14-48)40(53)41(31)11-15-47(16-12-41)26(4)51/h9-10,17-18,21-24,28-29,39,43,52H,6-8,11-16,19-20H2,1-5H3,(H,45,46). The van der Waals surface area contributed by atoms with Crippen LogP contribution in [0.4, 0.5) is 21.6 Å². The first-order valence-corrected chi connectivity index (χ1v) is 19.3. The van der Waals surface area contributed by atoms with Gasteiger partial charge in [-0.15, -0.1) is 0 Å². The number of hydrogen-bond acceptors (Lipinski definition) is 8. The van der Waals surface area contributed by atoms with Gasteiger partial charge in [0.1, 0.15) is 17.6 Å². The zero-order valence-corrected chi connectivity index (χ0v) is 31.5. The minimum atomic E-state index is -0.961. The van der Waals surface area contributed by atoms with Crippen LogP contribution in [0, 0.1) is 12.7 Å². The van der Waals surface area contributed by atoms with Crippen LogP contribution in [0.2, 0.25) is 0 Å².